The highest BCUT2D eigenvalue weighted by Crippen LogP contribution is 2.55. The number of carbonyl (C=O) groups is 2. The van der Waals surface area contributed by atoms with Gasteiger partial charge in [0.2, 0.25) is 5.91 Å². The van der Waals surface area contributed by atoms with Gasteiger partial charge in [0, 0.05) is 24.3 Å². The van der Waals surface area contributed by atoms with E-state index in [0.717, 1.165) is 12.1 Å². The van der Waals surface area contributed by atoms with Crippen LogP contribution in [0.25, 0.3) is 0 Å². The van der Waals surface area contributed by atoms with Crippen molar-refractivity contribution in [3.05, 3.63) is 59.2 Å². The number of halogens is 3. The molecule has 2 heterocycles. The molecule has 0 unspecified atom stereocenters. The summed E-state index contributed by atoms with van der Waals surface area (Å²) in [5, 5.41) is 0. The summed E-state index contributed by atoms with van der Waals surface area (Å²) in [6.45, 7) is 4.29. The first-order valence-corrected chi connectivity index (χ1v) is 11.7. The lowest BCUT2D eigenvalue weighted by molar-refractivity contribution is -0.140. The van der Waals surface area contributed by atoms with E-state index >= 15 is 0 Å². The van der Waals surface area contributed by atoms with Gasteiger partial charge in [-0.25, -0.2) is 0 Å². The minimum atomic E-state index is -4.47. The second kappa shape index (κ2) is 8.59. The molecule has 5 nitrogen and oxygen atoms in total. The number of hydrogen-bond donors (Lipinski definition) is 0. The Hall–Kier alpha value is -2.68. The first kappa shape index (κ1) is 23.5. The van der Waals surface area contributed by atoms with Crippen molar-refractivity contribution in [2.24, 2.45) is 5.92 Å². The van der Waals surface area contributed by atoms with Gasteiger partial charge >= 0.3 is 6.18 Å². The van der Waals surface area contributed by atoms with Crippen LogP contribution < -0.4 is 9.64 Å². The van der Waals surface area contributed by atoms with Crippen LogP contribution in [0.1, 0.15) is 37.0 Å². The largest absolute Gasteiger partial charge is 0.497 e. The lowest BCUT2D eigenvalue weighted by atomic mass is 10.0. The molecular formula is C24H25F3N2O3S. The lowest BCUT2D eigenvalue weighted by Gasteiger charge is -2.33. The molecule has 1 saturated heterocycles. The SMILES string of the molecule is COc1ccc2c(c1)[C@]1(SCCN1C(=O)CC(C)C)C(=O)N2Cc1cccc(C(F)(F)F)c1. The molecule has 0 bridgehead atoms. The third-order valence-electron chi connectivity index (χ3n) is 5.88. The number of anilines is 1. The van der Waals surface area contributed by atoms with Crippen LogP contribution in [0.4, 0.5) is 18.9 Å². The number of benzene rings is 2. The molecule has 0 N–H and O–H groups in total. The van der Waals surface area contributed by atoms with E-state index in [1.165, 1.54) is 29.8 Å². The predicted molar refractivity (Wildman–Crippen MR) is 121 cm³/mol. The Morgan fingerprint density at radius 3 is 2.64 bits per heavy atom. The third kappa shape index (κ3) is 4.07. The fourth-order valence-electron chi connectivity index (χ4n) is 4.42. The molecule has 1 atom stereocenters. The standard InChI is InChI=1S/C24H25F3N2O3S/c1-15(2)11-21(30)29-9-10-33-23(29)19-13-18(32-3)7-8-20(19)28(22(23)31)14-16-5-4-6-17(12-16)24(25,26)27/h4-8,12-13,15H,9-11,14H2,1-3H3/t23-/m0/s1. The van der Waals surface area contributed by atoms with Crippen LogP contribution in [0.2, 0.25) is 0 Å². The number of thioether (sulfide) groups is 1. The molecule has 1 spiro atoms. The molecule has 0 aliphatic carbocycles. The van der Waals surface area contributed by atoms with E-state index < -0.39 is 16.6 Å². The van der Waals surface area contributed by atoms with Gasteiger partial charge in [0.25, 0.3) is 5.91 Å². The number of fused-ring (bicyclic) bond motifs is 2. The van der Waals surface area contributed by atoms with Crippen LogP contribution >= 0.6 is 11.8 Å². The van der Waals surface area contributed by atoms with Crippen LogP contribution in [0.3, 0.4) is 0 Å². The molecule has 176 valence electrons. The molecule has 2 aromatic rings. The summed E-state index contributed by atoms with van der Waals surface area (Å²) in [5.74, 6) is 0.831. The quantitative estimate of drug-likeness (QED) is 0.605. The van der Waals surface area contributed by atoms with Gasteiger partial charge in [-0.2, -0.15) is 13.2 Å². The summed E-state index contributed by atoms with van der Waals surface area (Å²) in [5.41, 5.74) is 0.814. The smallest absolute Gasteiger partial charge is 0.416 e. The van der Waals surface area contributed by atoms with Crippen molar-refractivity contribution in [1.29, 1.82) is 0 Å². The molecule has 0 saturated carbocycles. The number of methoxy groups -OCH3 is 1. The van der Waals surface area contributed by atoms with Crippen molar-refractivity contribution in [3.8, 4) is 5.75 Å². The minimum absolute atomic E-state index is 0.0311. The molecule has 2 aliphatic rings. The topological polar surface area (TPSA) is 49.9 Å². The molecule has 9 heteroatoms. The fraction of sp³-hybridized carbons (Fsp3) is 0.417. The molecular weight excluding hydrogens is 453 g/mol. The number of alkyl halides is 3. The van der Waals surface area contributed by atoms with Crippen molar-refractivity contribution in [3.63, 3.8) is 0 Å². The maximum Gasteiger partial charge on any atom is 0.416 e. The van der Waals surface area contributed by atoms with Crippen LogP contribution in [0.15, 0.2) is 42.5 Å². The van der Waals surface area contributed by atoms with Crippen LogP contribution in [-0.4, -0.2) is 36.1 Å². The summed E-state index contributed by atoms with van der Waals surface area (Å²) < 4.78 is 45.0. The number of carbonyl (C=O) groups excluding carboxylic acids is 2. The maximum atomic E-state index is 13.9. The first-order valence-electron chi connectivity index (χ1n) is 10.7. The van der Waals surface area contributed by atoms with E-state index in [4.69, 9.17) is 4.74 Å². The summed E-state index contributed by atoms with van der Waals surface area (Å²) in [6, 6.07) is 10.2. The number of hydrogen-bond acceptors (Lipinski definition) is 4. The summed E-state index contributed by atoms with van der Waals surface area (Å²) >= 11 is 1.39. The average Bonchev–Trinajstić information content (AvgIpc) is 3.30. The lowest BCUT2D eigenvalue weighted by Crippen LogP contribution is -2.50. The average molecular weight is 479 g/mol. The number of rotatable bonds is 5. The van der Waals surface area contributed by atoms with E-state index in [0.29, 0.717) is 41.3 Å². The van der Waals surface area contributed by atoms with Gasteiger partial charge in [0.1, 0.15) is 5.75 Å². The van der Waals surface area contributed by atoms with Gasteiger partial charge in [0.05, 0.1) is 24.9 Å². The predicted octanol–water partition coefficient (Wildman–Crippen LogP) is 5.04. The second-order valence-electron chi connectivity index (χ2n) is 8.61. The fourth-order valence-corrected chi connectivity index (χ4v) is 5.89. The molecule has 1 fully saturated rings. The summed E-state index contributed by atoms with van der Waals surface area (Å²) in [6.07, 6.45) is -4.17. The van der Waals surface area contributed by atoms with Gasteiger partial charge in [-0.3, -0.25) is 9.59 Å². The summed E-state index contributed by atoms with van der Waals surface area (Å²) in [7, 11) is 1.52. The zero-order valence-corrected chi connectivity index (χ0v) is 19.4. The van der Waals surface area contributed by atoms with Crippen LogP contribution in [0, 0.1) is 5.92 Å². The van der Waals surface area contributed by atoms with Crippen LogP contribution in [-0.2, 0) is 27.2 Å². The van der Waals surface area contributed by atoms with E-state index in [1.54, 1.807) is 29.2 Å². The number of amides is 2. The van der Waals surface area contributed by atoms with Crippen molar-refractivity contribution in [2.45, 2.75) is 37.9 Å². The highest BCUT2D eigenvalue weighted by molar-refractivity contribution is 8.01. The zero-order chi connectivity index (χ0) is 24.0. The monoisotopic (exact) mass is 478 g/mol. The molecule has 2 aliphatic heterocycles. The Morgan fingerprint density at radius 2 is 1.97 bits per heavy atom. The Bertz CT molecular complexity index is 1090. The number of nitrogens with zero attached hydrogens (tertiary/aromatic N) is 2. The Kier molecular flexibility index (Phi) is 6.11. The number of ether oxygens (including phenoxy) is 1. The molecule has 0 radical (unpaired) electrons. The van der Waals surface area contributed by atoms with Gasteiger partial charge in [0.15, 0.2) is 4.87 Å². The Labute approximate surface area is 194 Å². The maximum absolute atomic E-state index is 13.9. The molecule has 33 heavy (non-hydrogen) atoms. The Morgan fingerprint density at radius 1 is 1.21 bits per heavy atom. The highest BCUT2D eigenvalue weighted by atomic mass is 32.2. The van der Waals surface area contributed by atoms with Crippen LogP contribution in [0.5, 0.6) is 5.75 Å². The van der Waals surface area contributed by atoms with E-state index in [1.807, 2.05) is 13.8 Å². The van der Waals surface area contributed by atoms with Crippen molar-refractivity contribution in [2.75, 3.05) is 24.3 Å². The molecule has 0 aromatic heterocycles. The third-order valence-corrected chi connectivity index (χ3v) is 7.30. The summed E-state index contributed by atoms with van der Waals surface area (Å²) in [4.78, 5) is 28.9. The van der Waals surface area contributed by atoms with Gasteiger partial charge in [-0.15, -0.1) is 11.8 Å². The van der Waals surface area contributed by atoms with E-state index in [-0.39, 0.29) is 24.3 Å². The second-order valence-corrected chi connectivity index (χ2v) is 9.90. The van der Waals surface area contributed by atoms with E-state index in [2.05, 4.69) is 0 Å². The van der Waals surface area contributed by atoms with Crippen molar-refractivity contribution in [1.82, 2.24) is 4.90 Å². The first-order chi connectivity index (χ1) is 15.6. The minimum Gasteiger partial charge on any atom is -0.497 e. The molecule has 2 amide bonds. The molecule has 4 rings (SSSR count). The zero-order valence-electron chi connectivity index (χ0n) is 18.6. The van der Waals surface area contributed by atoms with Crippen molar-refractivity contribution < 1.29 is 27.5 Å². The van der Waals surface area contributed by atoms with Gasteiger partial charge < -0.3 is 14.5 Å². The van der Waals surface area contributed by atoms with Gasteiger partial charge in [-0.1, -0.05) is 26.0 Å². The van der Waals surface area contributed by atoms with Gasteiger partial charge in [-0.05, 0) is 41.8 Å². The van der Waals surface area contributed by atoms with Crippen molar-refractivity contribution >= 4 is 29.3 Å². The molecule has 2 aromatic carbocycles. The Balaban J connectivity index is 1.78. The van der Waals surface area contributed by atoms with E-state index in [9.17, 15) is 22.8 Å². The normalized spacial score (nSPS) is 20.2. The highest BCUT2D eigenvalue weighted by Gasteiger charge is 2.59.